The van der Waals surface area contributed by atoms with Gasteiger partial charge < -0.3 is 4.42 Å². The fourth-order valence-electron chi connectivity index (χ4n) is 3.53. The minimum absolute atomic E-state index is 0.611. The van der Waals surface area contributed by atoms with Gasteiger partial charge in [0, 0.05) is 28.1 Å². The summed E-state index contributed by atoms with van der Waals surface area (Å²) < 4.78 is 7.82. The predicted octanol–water partition coefficient (Wildman–Crippen LogP) is 5.12. The Morgan fingerprint density at radius 3 is 2.79 bits per heavy atom. The fraction of sp³-hybridized carbons (Fsp3) is 0.0476. The zero-order valence-corrected chi connectivity index (χ0v) is 15.6. The molecule has 134 valence electrons. The molecule has 0 saturated carbocycles. The van der Waals surface area contributed by atoms with Crippen LogP contribution in [-0.2, 0) is 0 Å². The summed E-state index contributed by atoms with van der Waals surface area (Å²) in [7, 11) is 0. The van der Waals surface area contributed by atoms with Crippen molar-refractivity contribution < 1.29 is 4.42 Å². The number of hydrogen-bond donors (Lipinski definition) is 0. The molecule has 0 atom stereocenters. The normalized spacial score (nSPS) is 11.8. The molecule has 0 N–H and O–H groups in total. The molecule has 4 heterocycles. The van der Waals surface area contributed by atoms with E-state index in [1.165, 1.54) is 11.3 Å². The van der Waals surface area contributed by atoms with Crippen LogP contribution in [0.1, 0.15) is 5.56 Å². The van der Waals surface area contributed by atoms with Crippen LogP contribution < -0.4 is 0 Å². The van der Waals surface area contributed by atoms with Crippen molar-refractivity contribution in [1.29, 1.82) is 0 Å². The first-order chi connectivity index (χ1) is 13.8. The van der Waals surface area contributed by atoms with Gasteiger partial charge in [0.05, 0.1) is 5.52 Å². The molecule has 0 aliphatic carbocycles. The molecule has 6 aromatic rings. The molecule has 0 amide bonds. The van der Waals surface area contributed by atoms with Gasteiger partial charge in [-0.3, -0.25) is 4.98 Å². The second-order valence-electron chi connectivity index (χ2n) is 6.56. The van der Waals surface area contributed by atoms with E-state index in [2.05, 4.69) is 27.3 Å². The van der Waals surface area contributed by atoms with Crippen molar-refractivity contribution in [3.8, 4) is 22.2 Å². The lowest BCUT2D eigenvalue weighted by molar-refractivity contribution is 0.619. The highest BCUT2D eigenvalue weighted by atomic mass is 32.1. The predicted molar refractivity (Wildman–Crippen MR) is 109 cm³/mol. The molecule has 0 spiro atoms. The van der Waals surface area contributed by atoms with Crippen molar-refractivity contribution >= 4 is 38.2 Å². The number of fused-ring (bicyclic) bond motifs is 3. The first-order valence-electron chi connectivity index (χ1n) is 8.84. The Labute approximate surface area is 163 Å². The van der Waals surface area contributed by atoms with Crippen LogP contribution >= 0.6 is 11.3 Å². The minimum Gasteiger partial charge on any atom is -0.452 e. The maximum absolute atomic E-state index is 6.07. The molecular weight excluding hydrogens is 370 g/mol. The van der Waals surface area contributed by atoms with Crippen molar-refractivity contribution in [2.75, 3.05) is 0 Å². The van der Waals surface area contributed by atoms with Gasteiger partial charge >= 0.3 is 0 Å². The Balaban J connectivity index is 1.57. The van der Waals surface area contributed by atoms with Crippen LogP contribution in [0.25, 0.3) is 49.0 Å². The van der Waals surface area contributed by atoms with Crippen LogP contribution in [0.4, 0.5) is 0 Å². The van der Waals surface area contributed by atoms with Gasteiger partial charge in [-0.1, -0.05) is 47.7 Å². The van der Waals surface area contributed by atoms with Crippen LogP contribution in [0.5, 0.6) is 0 Å². The van der Waals surface area contributed by atoms with Gasteiger partial charge in [0.1, 0.15) is 10.6 Å². The molecule has 0 fully saturated rings. The molecule has 28 heavy (non-hydrogen) atoms. The summed E-state index contributed by atoms with van der Waals surface area (Å²) in [5.41, 5.74) is 3.78. The molecule has 7 heteroatoms. The molecule has 6 rings (SSSR count). The first kappa shape index (κ1) is 15.5. The molecule has 0 saturated heterocycles. The van der Waals surface area contributed by atoms with Crippen LogP contribution in [0.3, 0.4) is 0 Å². The highest BCUT2D eigenvalue weighted by molar-refractivity contribution is 7.19. The van der Waals surface area contributed by atoms with Crippen molar-refractivity contribution in [3.63, 3.8) is 0 Å². The second-order valence-corrected chi connectivity index (χ2v) is 7.51. The Morgan fingerprint density at radius 2 is 1.86 bits per heavy atom. The molecule has 4 aromatic heterocycles. The average molecular weight is 383 g/mol. The van der Waals surface area contributed by atoms with Crippen molar-refractivity contribution in [1.82, 2.24) is 24.8 Å². The van der Waals surface area contributed by atoms with E-state index < -0.39 is 0 Å². The summed E-state index contributed by atoms with van der Waals surface area (Å²) in [6, 6.07) is 18.1. The summed E-state index contributed by atoms with van der Waals surface area (Å²) in [4.78, 5) is 5.26. The molecule has 0 unspecified atom stereocenters. The molecular formula is C21H13N5OS. The number of nitrogens with zero attached hydrogens (tertiary/aromatic N) is 5. The van der Waals surface area contributed by atoms with E-state index in [0.29, 0.717) is 11.6 Å². The summed E-state index contributed by atoms with van der Waals surface area (Å²) in [6.07, 6.45) is 1.80. The number of para-hydroxylation sites is 2. The second kappa shape index (κ2) is 5.71. The highest BCUT2D eigenvalue weighted by Crippen LogP contribution is 2.35. The van der Waals surface area contributed by atoms with Crippen LogP contribution in [0, 0.1) is 6.92 Å². The summed E-state index contributed by atoms with van der Waals surface area (Å²) in [5, 5.41) is 16.4. The Morgan fingerprint density at radius 1 is 0.964 bits per heavy atom. The van der Waals surface area contributed by atoms with Crippen LogP contribution in [-0.4, -0.2) is 24.8 Å². The smallest absolute Gasteiger partial charge is 0.235 e. The Bertz CT molecular complexity index is 1490. The van der Waals surface area contributed by atoms with E-state index in [1.807, 2.05) is 49.4 Å². The summed E-state index contributed by atoms with van der Waals surface area (Å²) in [5.74, 6) is 1.31. The Kier molecular flexibility index (Phi) is 3.15. The zero-order chi connectivity index (χ0) is 18.7. The van der Waals surface area contributed by atoms with Gasteiger partial charge in [0.15, 0.2) is 5.76 Å². The van der Waals surface area contributed by atoms with E-state index in [-0.39, 0.29) is 0 Å². The third-order valence-electron chi connectivity index (χ3n) is 4.90. The summed E-state index contributed by atoms with van der Waals surface area (Å²) >= 11 is 1.49. The van der Waals surface area contributed by atoms with Gasteiger partial charge in [-0.2, -0.15) is 9.61 Å². The maximum atomic E-state index is 6.07. The lowest BCUT2D eigenvalue weighted by Gasteiger charge is -2.01. The molecule has 0 aliphatic heterocycles. The monoisotopic (exact) mass is 383 g/mol. The molecule has 6 nitrogen and oxygen atoms in total. The quantitative estimate of drug-likeness (QED) is 0.415. The minimum atomic E-state index is 0.611. The number of aryl methyl sites for hydroxylation is 1. The van der Waals surface area contributed by atoms with E-state index in [0.717, 1.165) is 43.0 Å². The van der Waals surface area contributed by atoms with Crippen LogP contribution in [0.2, 0.25) is 0 Å². The third kappa shape index (κ3) is 2.13. The molecule has 0 radical (unpaired) electrons. The SMILES string of the molecule is Cc1c(-c2nnc3sc(-c4cccc5cccnc45)nn23)oc2ccccc12. The largest absolute Gasteiger partial charge is 0.452 e. The van der Waals surface area contributed by atoms with E-state index in [4.69, 9.17) is 9.52 Å². The van der Waals surface area contributed by atoms with E-state index in [9.17, 15) is 0 Å². The number of aromatic nitrogens is 5. The van der Waals surface area contributed by atoms with E-state index >= 15 is 0 Å². The van der Waals surface area contributed by atoms with Crippen molar-refractivity contribution in [2.45, 2.75) is 6.92 Å². The van der Waals surface area contributed by atoms with Gasteiger partial charge in [-0.15, -0.1) is 10.2 Å². The van der Waals surface area contributed by atoms with Crippen molar-refractivity contribution in [3.05, 3.63) is 66.4 Å². The number of pyridine rings is 1. The third-order valence-corrected chi connectivity index (χ3v) is 5.83. The van der Waals surface area contributed by atoms with Gasteiger partial charge in [0.25, 0.3) is 0 Å². The molecule has 2 aromatic carbocycles. The number of hydrogen-bond acceptors (Lipinski definition) is 6. The highest BCUT2D eigenvalue weighted by Gasteiger charge is 2.21. The van der Waals surface area contributed by atoms with Gasteiger partial charge in [0.2, 0.25) is 10.8 Å². The number of benzene rings is 2. The molecule has 0 aliphatic rings. The van der Waals surface area contributed by atoms with Gasteiger partial charge in [-0.25, -0.2) is 0 Å². The summed E-state index contributed by atoms with van der Waals surface area (Å²) in [6.45, 7) is 2.03. The topological polar surface area (TPSA) is 69.1 Å². The van der Waals surface area contributed by atoms with Crippen molar-refractivity contribution in [2.24, 2.45) is 0 Å². The lowest BCUT2D eigenvalue weighted by atomic mass is 10.1. The van der Waals surface area contributed by atoms with Crippen LogP contribution in [0.15, 0.2) is 65.2 Å². The lowest BCUT2D eigenvalue weighted by Crippen LogP contribution is -1.92. The standard InChI is InChI=1S/C21H13N5OS/c1-12-14-8-2-3-10-16(14)27-18(12)19-23-24-21-26(19)25-20(28-21)15-9-4-6-13-7-5-11-22-17(13)15/h2-11H,1H3. The van der Waals surface area contributed by atoms with E-state index in [1.54, 1.807) is 10.7 Å². The number of rotatable bonds is 2. The average Bonchev–Trinajstić information content (AvgIpc) is 3.41. The Hall–Kier alpha value is -3.58. The maximum Gasteiger partial charge on any atom is 0.235 e. The number of furan rings is 1. The zero-order valence-electron chi connectivity index (χ0n) is 14.8. The fourth-order valence-corrected chi connectivity index (χ4v) is 4.40. The first-order valence-corrected chi connectivity index (χ1v) is 9.66. The molecule has 0 bridgehead atoms. The van der Waals surface area contributed by atoms with Gasteiger partial charge in [-0.05, 0) is 25.1 Å².